The maximum atomic E-state index is 12.5. The molecule has 174 valence electrons. The Bertz CT molecular complexity index is 914. The summed E-state index contributed by atoms with van der Waals surface area (Å²) < 4.78 is 5.14. The van der Waals surface area contributed by atoms with Crippen LogP contribution in [0.3, 0.4) is 0 Å². The summed E-state index contributed by atoms with van der Waals surface area (Å²) in [5, 5.41) is 21.4. The molecule has 1 unspecified atom stereocenters. The van der Waals surface area contributed by atoms with E-state index in [2.05, 4.69) is 24.5 Å². The summed E-state index contributed by atoms with van der Waals surface area (Å²) in [6, 6.07) is 11.2. The van der Waals surface area contributed by atoms with Gasteiger partial charge >= 0.3 is 17.9 Å². The second-order valence-electron chi connectivity index (χ2n) is 7.06. The first-order valence-corrected chi connectivity index (χ1v) is 10.7. The van der Waals surface area contributed by atoms with Crippen molar-refractivity contribution in [2.24, 2.45) is 5.92 Å². The van der Waals surface area contributed by atoms with Gasteiger partial charge in [-0.25, -0.2) is 14.4 Å². The SMILES string of the molecule is CCOC(=O)c1cc(-c2ccccc2)sc1NC(=O)C(C)NCC(C)C.O=C(O)C(=O)O. The zero-order chi connectivity index (χ0) is 24.3. The van der Waals surface area contributed by atoms with Gasteiger partial charge in [0.05, 0.1) is 18.2 Å². The number of ether oxygens (including phenoxy) is 1. The number of thiophene rings is 1. The molecule has 1 heterocycles. The number of hydrogen-bond donors (Lipinski definition) is 4. The van der Waals surface area contributed by atoms with Crippen molar-refractivity contribution in [1.82, 2.24) is 5.32 Å². The normalized spacial score (nSPS) is 11.2. The molecule has 0 aliphatic carbocycles. The number of carboxylic acid groups (broad SMARTS) is 2. The van der Waals surface area contributed by atoms with Crippen LogP contribution in [-0.4, -0.2) is 53.2 Å². The fourth-order valence-electron chi connectivity index (χ4n) is 2.31. The third kappa shape index (κ3) is 8.86. The van der Waals surface area contributed by atoms with Crippen LogP contribution < -0.4 is 10.6 Å². The van der Waals surface area contributed by atoms with Gasteiger partial charge < -0.3 is 25.6 Å². The van der Waals surface area contributed by atoms with E-state index in [-0.39, 0.29) is 18.6 Å². The van der Waals surface area contributed by atoms with Gasteiger partial charge in [-0.05, 0) is 37.9 Å². The molecule has 0 aliphatic rings. The number of anilines is 1. The summed E-state index contributed by atoms with van der Waals surface area (Å²) in [7, 11) is 0. The summed E-state index contributed by atoms with van der Waals surface area (Å²) in [5.74, 6) is -3.79. The number of carbonyl (C=O) groups is 4. The first-order valence-electron chi connectivity index (χ1n) is 9.93. The van der Waals surface area contributed by atoms with E-state index < -0.39 is 17.9 Å². The van der Waals surface area contributed by atoms with Crippen molar-refractivity contribution in [2.45, 2.75) is 33.7 Å². The second kappa shape index (κ2) is 13.2. The van der Waals surface area contributed by atoms with E-state index in [4.69, 9.17) is 24.5 Å². The van der Waals surface area contributed by atoms with Crippen molar-refractivity contribution in [3.05, 3.63) is 42.0 Å². The molecule has 4 N–H and O–H groups in total. The van der Waals surface area contributed by atoms with Crippen LogP contribution in [0.1, 0.15) is 38.1 Å². The lowest BCUT2D eigenvalue weighted by Crippen LogP contribution is -2.39. The molecule has 0 bridgehead atoms. The zero-order valence-electron chi connectivity index (χ0n) is 18.4. The Morgan fingerprint density at radius 1 is 1.03 bits per heavy atom. The third-order valence-electron chi connectivity index (χ3n) is 3.93. The van der Waals surface area contributed by atoms with Crippen molar-refractivity contribution >= 4 is 40.2 Å². The van der Waals surface area contributed by atoms with E-state index in [1.807, 2.05) is 37.3 Å². The molecule has 1 aromatic heterocycles. The number of aliphatic carboxylic acids is 2. The smallest absolute Gasteiger partial charge is 0.414 e. The largest absolute Gasteiger partial charge is 0.473 e. The van der Waals surface area contributed by atoms with Gasteiger partial charge in [-0.3, -0.25) is 4.79 Å². The molecule has 2 aromatic rings. The average Bonchev–Trinajstić information content (AvgIpc) is 3.17. The molecule has 32 heavy (non-hydrogen) atoms. The van der Waals surface area contributed by atoms with Crippen LogP contribution in [-0.2, 0) is 19.1 Å². The minimum atomic E-state index is -1.82. The van der Waals surface area contributed by atoms with Crippen LogP contribution in [0.25, 0.3) is 10.4 Å². The maximum Gasteiger partial charge on any atom is 0.414 e. The topological polar surface area (TPSA) is 142 Å². The standard InChI is InChI=1S/C20H26N2O3S.C2H2O4/c1-5-25-20(24)16-11-17(15-9-7-6-8-10-15)26-19(16)22-18(23)14(4)21-12-13(2)3;3-1(4)2(5)6/h6-11,13-14,21H,5,12H2,1-4H3,(H,22,23);(H,3,4)(H,5,6). The molecule has 1 aromatic carbocycles. The Balaban J connectivity index is 0.000000751. The van der Waals surface area contributed by atoms with Crippen molar-refractivity contribution in [3.8, 4) is 10.4 Å². The van der Waals surface area contributed by atoms with Gasteiger partial charge in [0.2, 0.25) is 5.91 Å². The molecule has 0 radical (unpaired) electrons. The molecule has 10 heteroatoms. The number of amides is 1. The number of carboxylic acids is 2. The molecule has 1 atom stereocenters. The lowest BCUT2D eigenvalue weighted by atomic mass is 10.1. The summed E-state index contributed by atoms with van der Waals surface area (Å²) in [4.78, 5) is 43.9. The van der Waals surface area contributed by atoms with Gasteiger partial charge in [0, 0.05) is 4.88 Å². The van der Waals surface area contributed by atoms with Crippen molar-refractivity contribution in [1.29, 1.82) is 0 Å². The number of carbonyl (C=O) groups excluding carboxylic acids is 2. The molecule has 2 rings (SSSR count). The van der Waals surface area contributed by atoms with E-state index in [0.29, 0.717) is 16.5 Å². The maximum absolute atomic E-state index is 12.5. The first kappa shape index (κ1) is 26.8. The minimum Gasteiger partial charge on any atom is -0.473 e. The highest BCUT2D eigenvalue weighted by Gasteiger charge is 2.21. The van der Waals surface area contributed by atoms with Crippen LogP contribution >= 0.6 is 11.3 Å². The molecule has 0 aliphatic heterocycles. The fourth-order valence-corrected chi connectivity index (χ4v) is 3.37. The van der Waals surface area contributed by atoms with E-state index in [0.717, 1.165) is 17.0 Å². The molecular formula is C22H28N2O7S. The third-order valence-corrected chi connectivity index (χ3v) is 5.03. The van der Waals surface area contributed by atoms with Gasteiger partial charge in [-0.15, -0.1) is 11.3 Å². The number of nitrogens with one attached hydrogen (secondary N) is 2. The Morgan fingerprint density at radius 3 is 2.12 bits per heavy atom. The van der Waals surface area contributed by atoms with Crippen LogP contribution in [0.4, 0.5) is 5.00 Å². The van der Waals surface area contributed by atoms with E-state index in [1.54, 1.807) is 13.0 Å². The molecule has 0 spiro atoms. The number of benzene rings is 1. The molecule has 0 fully saturated rings. The van der Waals surface area contributed by atoms with E-state index >= 15 is 0 Å². The molecular weight excluding hydrogens is 436 g/mol. The van der Waals surface area contributed by atoms with Gasteiger partial charge in [0.25, 0.3) is 0 Å². The quantitative estimate of drug-likeness (QED) is 0.344. The van der Waals surface area contributed by atoms with Crippen LogP contribution in [0, 0.1) is 5.92 Å². The monoisotopic (exact) mass is 464 g/mol. The van der Waals surface area contributed by atoms with E-state index in [9.17, 15) is 9.59 Å². The van der Waals surface area contributed by atoms with Gasteiger partial charge in [0.15, 0.2) is 0 Å². The predicted molar refractivity (Wildman–Crippen MR) is 122 cm³/mol. The number of esters is 1. The average molecular weight is 465 g/mol. The molecule has 0 saturated carbocycles. The number of hydrogen-bond acceptors (Lipinski definition) is 7. The summed E-state index contributed by atoms with van der Waals surface area (Å²) in [6.45, 7) is 8.78. The van der Waals surface area contributed by atoms with Crippen molar-refractivity contribution in [2.75, 3.05) is 18.5 Å². The molecule has 1 amide bonds. The van der Waals surface area contributed by atoms with Crippen molar-refractivity contribution < 1.29 is 34.1 Å². The Kier molecular flexibility index (Phi) is 11.1. The molecule has 0 saturated heterocycles. The van der Waals surface area contributed by atoms with Crippen LogP contribution in [0.2, 0.25) is 0 Å². The summed E-state index contributed by atoms with van der Waals surface area (Å²) in [6.07, 6.45) is 0. The van der Waals surface area contributed by atoms with Gasteiger partial charge in [-0.2, -0.15) is 0 Å². The zero-order valence-corrected chi connectivity index (χ0v) is 19.2. The Hall–Kier alpha value is -3.24. The first-order chi connectivity index (χ1) is 15.1. The summed E-state index contributed by atoms with van der Waals surface area (Å²) >= 11 is 1.38. The Labute approximate surface area is 190 Å². The summed E-state index contributed by atoms with van der Waals surface area (Å²) in [5.41, 5.74) is 1.38. The highest BCUT2D eigenvalue weighted by molar-refractivity contribution is 7.20. The van der Waals surface area contributed by atoms with E-state index in [1.165, 1.54) is 11.3 Å². The highest BCUT2D eigenvalue weighted by Crippen LogP contribution is 2.36. The second-order valence-corrected chi connectivity index (χ2v) is 8.12. The van der Waals surface area contributed by atoms with Gasteiger partial charge in [-0.1, -0.05) is 44.2 Å². The lowest BCUT2D eigenvalue weighted by molar-refractivity contribution is -0.159. The predicted octanol–water partition coefficient (Wildman–Crippen LogP) is 3.32. The lowest BCUT2D eigenvalue weighted by Gasteiger charge is -2.15. The molecule has 9 nitrogen and oxygen atoms in total. The highest BCUT2D eigenvalue weighted by atomic mass is 32.1. The van der Waals surface area contributed by atoms with Crippen molar-refractivity contribution in [3.63, 3.8) is 0 Å². The van der Waals surface area contributed by atoms with Gasteiger partial charge in [0.1, 0.15) is 5.00 Å². The van der Waals surface area contributed by atoms with Crippen LogP contribution in [0.15, 0.2) is 36.4 Å². The van der Waals surface area contributed by atoms with Crippen LogP contribution in [0.5, 0.6) is 0 Å². The number of rotatable bonds is 8. The Morgan fingerprint density at radius 2 is 1.62 bits per heavy atom. The minimum absolute atomic E-state index is 0.169. The fraction of sp³-hybridized carbons (Fsp3) is 0.364.